The van der Waals surface area contributed by atoms with Crippen molar-refractivity contribution in [1.29, 1.82) is 0 Å². The van der Waals surface area contributed by atoms with Crippen LogP contribution in [0.3, 0.4) is 0 Å². The molecule has 0 spiro atoms. The lowest BCUT2D eigenvalue weighted by Gasteiger charge is -1.87. The molecule has 13 heavy (non-hydrogen) atoms. The number of pyridine rings is 1. The van der Waals surface area contributed by atoms with Crippen LogP contribution in [0.2, 0.25) is 0 Å². The molecule has 0 bridgehead atoms. The molecule has 0 N–H and O–H groups in total. The van der Waals surface area contributed by atoms with Gasteiger partial charge in [0.05, 0.1) is 5.35 Å². The van der Waals surface area contributed by atoms with Crippen molar-refractivity contribution < 1.29 is 0 Å². The molecule has 1 heterocycles. The quantitative estimate of drug-likeness (QED) is 0.662. The minimum atomic E-state index is 1.02. The third-order valence-electron chi connectivity index (χ3n) is 1.74. The van der Waals surface area contributed by atoms with Crippen LogP contribution in [-0.2, 0) is 0 Å². The molecule has 0 atom stereocenters. The summed E-state index contributed by atoms with van der Waals surface area (Å²) in [5.74, 6) is 0. The zero-order valence-electron chi connectivity index (χ0n) is 8.20. The SMILES string of the molecule is C\C=C/C=c1/cccn/c1=C\CC. The van der Waals surface area contributed by atoms with E-state index in [1.807, 2.05) is 31.3 Å². The van der Waals surface area contributed by atoms with Gasteiger partial charge in [-0.2, -0.15) is 0 Å². The summed E-state index contributed by atoms with van der Waals surface area (Å²) in [7, 11) is 0. The van der Waals surface area contributed by atoms with E-state index in [1.165, 1.54) is 5.22 Å². The lowest BCUT2D eigenvalue weighted by Crippen LogP contribution is -2.26. The number of rotatable bonds is 2. The number of allylic oxidation sites excluding steroid dienone is 2. The van der Waals surface area contributed by atoms with Crippen LogP contribution in [0, 0.1) is 0 Å². The Morgan fingerprint density at radius 2 is 2.31 bits per heavy atom. The average molecular weight is 173 g/mol. The zero-order chi connectivity index (χ0) is 9.52. The molecule has 0 saturated heterocycles. The van der Waals surface area contributed by atoms with Crippen LogP contribution in [0.25, 0.3) is 12.2 Å². The highest BCUT2D eigenvalue weighted by molar-refractivity contribution is 5.37. The molecule has 0 amide bonds. The Morgan fingerprint density at radius 1 is 1.46 bits per heavy atom. The number of hydrogen-bond donors (Lipinski definition) is 0. The maximum atomic E-state index is 4.30. The maximum absolute atomic E-state index is 4.30. The van der Waals surface area contributed by atoms with E-state index in [-0.39, 0.29) is 0 Å². The van der Waals surface area contributed by atoms with Gasteiger partial charge in [0.2, 0.25) is 0 Å². The van der Waals surface area contributed by atoms with Crippen molar-refractivity contribution in [2.24, 2.45) is 0 Å². The highest BCUT2D eigenvalue weighted by Gasteiger charge is 1.81. The van der Waals surface area contributed by atoms with Crippen molar-refractivity contribution in [3.63, 3.8) is 0 Å². The Labute approximate surface area is 79.1 Å². The molecule has 0 saturated carbocycles. The summed E-state index contributed by atoms with van der Waals surface area (Å²) in [6, 6.07) is 4.04. The summed E-state index contributed by atoms with van der Waals surface area (Å²) in [6.45, 7) is 4.13. The number of aromatic nitrogens is 1. The van der Waals surface area contributed by atoms with E-state index in [2.05, 4.69) is 30.1 Å². The second kappa shape index (κ2) is 5.31. The number of nitrogens with zero attached hydrogens (tertiary/aromatic N) is 1. The Bertz CT molecular complexity index is 388. The van der Waals surface area contributed by atoms with Gasteiger partial charge in [-0.3, -0.25) is 4.98 Å². The Balaban J connectivity index is 3.28. The van der Waals surface area contributed by atoms with Gasteiger partial charge in [-0.05, 0) is 24.6 Å². The Hall–Kier alpha value is -1.37. The fourth-order valence-corrected chi connectivity index (χ4v) is 1.13. The molecule has 1 rings (SSSR count). The first-order valence-corrected chi connectivity index (χ1v) is 4.62. The first kappa shape index (κ1) is 9.72. The van der Waals surface area contributed by atoms with Gasteiger partial charge in [-0.15, -0.1) is 0 Å². The van der Waals surface area contributed by atoms with Crippen LogP contribution >= 0.6 is 0 Å². The van der Waals surface area contributed by atoms with E-state index >= 15 is 0 Å². The highest BCUT2D eigenvalue weighted by Crippen LogP contribution is 1.75. The van der Waals surface area contributed by atoms with Crippen molar-refractivity contribution in [3.05, 3.63) is 41.0 Å². The molecule has 0 fully saturated rings. The molecule has 1 heteroatoms. The monoisotopic (exact) mass is 173 g/mol. The van der Waals surface area contributed by atoms with Crippen molar-refractivity contribution in [3.8, 4) is 0 Å². The van der Waals surface area contributed by atoms with Crippen molar-refractivity contribution in [2.75, 3.05) is 0 Å². The summed E-state index contributed by atoms with van der Waals surface area (Å²) in [5, 5.41) is 2.26. The van der Waals surface area contributed by atoms with Gasteiger partial charge in [0.15, 0.2) is 0 Å². The summed E-state index contributed by atoms with van der Waals surface area (Å²) in [6.07, 6.45) is 11.1. The summed E-state index contributed by atoms with van der Waals surface area (Å²) < 4.78 is 0. The summed E-state index contributed by atoms with van der Waals surface area (Å²) in [4.78, 5) is 4.30. The van der Waals surface area contributed by atoms with Gasteiger partial charge in [-0.25, -0.2) is 0 Å². The lowest BCUT2D eigenvalue weighted by atomic mass is 10.3. The summed E-state index contributed by atoms with van der Waals surface area (Å²) in [5.41, 5.74) is 0. The molecule has 1 nitrogen and oxygen atoms in total. The second-order valence-electron chi connectivity index (χ2n) is 2.78. The zero-order valence-corrected chi connectivity index (χ0v) is 8.20. The molecule has 0 aromatic carbocycles. The van der Waals surface area contributed by atoms with Crippen molar-refractivity contribution in [2.45, 2.75) is 20.3 Å². The average Bonchev–Trinajstić information content (AvgIpc) is 2.17. The lowest BCUT2D eigenvalue weighted by molar-refractivity contribution is 1.18. The molecule has 0 radical (unpaired) electrons. The minimum absolute atomic E-state index is 1.02. The smallest absolute Gasteiger partial charge is 0.0662 e. The van der Waals surface area contributed by atoms with Gasteiger partial charge in [0, 0.05) is 6.20 Å². The molecule has 0 aliphatic carbocycles. The van der Waals surface area contributed by atoms with Crippen LogP contribution in [-0.4, -0.2) is 4.98 Å². The first-order valence-electron chi connectivity index (χ1n) is 4.62. The second-order valence-corrected chi connectivity index (χ2v) is 2.78. The van der Waals surface area contributed by atoms with Crippen LogP contribution in [0.1, 0.15) is 20.3 Å². The van der Waals surface area contributed by atoms with Gasteiger partial charge in [0.25, 0.3) is 0 Å². The van der Waals surface area contributed by atoms with Crippen molar-refractivity contribution >= 4 is 12.2 Å². The molecular formula is C12H15N. The molecule has 1 aromatic rings. The predicted molar refractivity (Wildman–Crippen MR) is 57.5 cm³/mol. The molecule has 0 aliphatic rings. The topological polar surface area (TPSA) is 12.9 Å². The Morgan fingerprint density at radius 3 is 3.00 bits per heavy atom. The van der Waals surface area contributed by atoms with Gasteiger partial charge >= 0.3 is 0 Å². The molecule has 0 aliphatic heterocycles. The number of hydrogen-bond acceptors (Lipinski definition) is 1. The Kier molecular flexibility index (Phi) is 3.97. The van der Waals surface area contributed by atoms with Gasteiger partial charge in [-0.1, -0.05) is 37.3 Å². The third kappa shape index (κ3) is 2.86. The van der Waals surface area contributed by atoms with Crippen LogP contribution in [0.15, 0.2) is 30.5 Å². The van der Waals surface area contributed by atoms with Crippen LogP contribution in [0.5, 0.6) is 0 Å². The molecule has 68 valence electrons. The molecule has 0 unspecified atom stereocenters. The van der Waals surface area contributed by atoms with Crippen molar-refractivity contribution in [1.82, 2.24) is 4.98 Å². The highest BCUT2D eigenvalue weighted by atomic mass is 14.6. The third-order valence-corrected chi connectivity index (χ3v) is 1.74. The van der Waals surface area contributed by atoms with E-state index < -0.39 is 0 Å². The standard InChI is InChI=1S/C12H15N/c1-3-5-8-11-9-6-10-13-12(11)7-4-2/h3,5-10H,4H2,1-2H3/b5-3-,11-8-,12-7-. The fourth-order valence-electron chi connectivity index (χ4n) is 1.13. The van der Waals surface area contributed by atoms with E-state index in [9.17, 15) is 0 Å². The largest absolute Gasteiger partial charge is 0.257 e. The van der Waals surface area contributed by atoms with E-state index in [0.29, 0.717) is 0 Å². The fraction of sp³-hybridized carbons (Fsp3) is 0.250. The predicted octanol–water partition coefficient (Wildman–Crippen LogP) is 1.63. The van der Waals surface area contributed by atoms with Gasteiger partial charge in [0.1, 0.15) is 0 Å². The van der Waals surface area contributed by atoms with E-state index in [0.717, 1.165) is 11.8 Å². The normalized spacial score (nSPS) is 14.3. The molecule has 1 aromatic heterocycles. The van der Waals surface area contributed by atoms with E-state index in [4.69, 9.17) is 0 Å². The summed E-state index contributed by atoms with van der Waals surface area (Å²) >= 11 is 0. The molecular weight excluding hydrogens is 158 g/mol. The van der Waals surface area contributed by atoms with Crippen LogP contribution < -0.4 is 10.6 Å². The van der Waals surface area contributed by atoms with E-state index in [1.54, 1.807) is 0 Å². The minimum Gasteiger partial charge on any atom is -0.257 e. The maximum Gasteiger partial charge on any atom is 0.0662 e. The van der Waals surface area contributed by atoms with Crippen LogP contribution in [0.4, 0.5) is 0 Å². The first-order chi connectivity index (χ1) is 6.38. The van der Waals surface area contributed by atoms with Gasteiger partial charge < -0.3 is 0 Å².